The molecule has 1 fully saturated rings. The van der Waals surface area contributed by atoms with Crippen LogP contribution >= 0.6 is 0 Å². The molecule has 5 nitrogen and oxygen atoms in total. The lowest BCUT2D eigenvalue weighted by atomic mass is 9.81. The van der Waals surface area contributed by atoms with Crippen LogP contribution in [-0.2, 0) is 4.84 Å². The summed E-state index contributed by atoms with van der Waals surface area (Å²) in [6.07, 6.45) is 4.06. The van der Waals surface area contributed by atoms with E-state index in [9.17, 15) is 9.90 Å². The SMILES string of the molecule is CC(C)C(O)C(C)(C)CNC(=O)NOC1CCCC1. The standard InChI is InChI=1S/C14H28N2O3/c1-10(2)12(17)14(3,4)9-15-13(18)16-19-11-7-5-6-8-11/h10-12,17H,5-9H2,1-4H3,(H2,15,16,18). The summed E-state index contributed by atoms with van der Waals surface area (Å²) in [6, 6.07) is -0.337. The molecular formula is C14H28N2O3. The second kappa shape index (κ2) is 7.10. The van der Waals surface area contributed by atoms with Crippen molar-refractivity contribution in [3.63, 3.8) is 0 Å². The summed E-state index contributed by atoms with van der Waals surface area (Å²) in [5.41, 5.74) is 2.07. The molecule has 1 atom stereocenters. The second-order valence-electron chi connectivity index (χ2n) is 6.49. The molecule has 5 heteroatoms. The second-order valence-corrected chi connectivity index (χ2v) is 6.49. The predicted molar refractivity (Wildman–Crippen MR) is 74.5 cm³/mol. The number of aliphatic hydroxyl groups is 1. The van der Waals surface area contributed by atoms with Crippen LogP contribution < -0.4 is 10.8 Å². The minimum atomic E-state index is -0.455. The molecule has 1 aliphatic rings. The van der Waals surface area contributed by atoms with Gasteiger partial charge in [0.05, 0.1) is 12.2 Å². The topological polar surface area (TPSA) is 70.6 Å². The Morgan fingerprint density at radius 1 is 1.37 bits per heavy atom. The largest absolute Gasteiger partial charge is 0.392 e. The van der Waals surface area contributed by atoms with Crippen molar-refractivity contribution in [1.29, 1.82) is 0 Å². The number of aliphatic hydroxyl groups excluding tert-OH is 1. The first-order valence-electron chi connectivity index (χ1n) is 7.20. The lowest BCUT2D eigenvalue weighted by Crippen LogP contribution is -2.46. The van der Waals surface area contributed by atoms with Gasteiger partial charge in [-0.15, -0.1) is 0 Å². The quantitative estimate of drug-likeness (QED) is 0.649. The van der Waals surface area contributed by atoms with E-state index in [1.165, 1.54) is 12.8 Å². The van der Waals surface area contributed by atoms with Gasteiger partial charge in [0.2, 0.25) is 0 Å². The number of hydrogen-bond donors (Lipinski definition) is 3. The first-order chi connectivity index (χ1) is 8.83. The van der Waals surface area contributed by atoms with Crippen molar-refractivity contribution in [2.75, 3.05) is 6.54 Å². The van der Waals surface area contributed by atoms with E-state index in [4.69, 9.17) is 4.84 Å². The number of amides is 2. The van der Waals surface area contributed by atoms with Gasteiger partial charge >= 0.3 is 6.03 Å². The maximum absolute atomic E-state index is 11.6. The highest BCUT2D eigenvalue weighted by atomic mass is 16.7. The van der Waals surface area contributed by atoms with Gasteiger partial charge in [-0.25, -0.2) is 10.3 Å². The lowest BCUT2D eigenvalue weighted by molar-refractivity contribution is -0.00495. The highest BCUT2D eigenvalue weighted by molar-refractivity contribution is 5.72. The molecule has 1 saturated carbocycles. The van der Waals surface area contributed by atoms with Gasteiger partial charge in [-0.05, 0) is 18.8 Å². The fourth-order valence-electron chi connectivity index (χ4n) is 2.49. The number of carbonyl (C=O) groups excluding carboxylic acids is 1. The van der Waals surface area contributed by atoms with E-state index in [1.807, 2.05) is 27.7 Å². The molecule has 0 radical (unpaired) electrons. The third-order valence-electron chi connectivity index (χ3n) is 3.76. The van der Waals surface area contributed by atoms with E-state index in [-0.39, 0.29) is 23.5 Å². The van der Waals surface area contributed by atoms with E-state index in [1.54, 1.807) is 0 Å². The van der Waals surface area contributed by atoms with Crippen LogP contribution in [0.15, 0.2) is 0 Å². The van der Waals surface area contributed by atoms with Gasteiger partial charge in [-0.2, -0.15) is 0 Å². The Bertz CT molecular complexity index is 286. The fraction of sp³-hybridized carbons (Fsp3) is 0.929. The summed E-state index contributed by atoms with van der Waals surface area (Å²) in [6.45, 7) is 8.23. The molecule has 2 amide bonds. The fourth-order valence-corrected chi connectivity index (χ4v) is 2.49. The Labute approximate surface area is 116 Å². The van der Waals surface area contributed by atoms with Crippen molar-refractivity contribution in [1.82, 2.24) is 10.8 Å². The molecule has 0 aromatic heterocycles. The first kappa shape index (κ1) is 16.2. The predicted octanol–water partition coefficient (Wildman–Crippen LogP) is 2.20. The van der Waals surface area contributed by atoms with Gasteiger partial charge in [-0.3, -0.25) is 4.84 Å². The summed E-state index contributed by atoms with van der Waals surface area (Å²) < 4.78 is 0. The maximum atomic E-state index is 11.6. The zero-order valence-electron chi connectivity index (χ0n) is 12.5. The molecule has 19 heavy (non-hydrogen) atoms. The minimum absolute atomic E-state index is 0.153. The third-order valence-corrected chi connectivity index (χ3v) is 3.76. The van der Waals surface area contributed by atoms with Crippen molar-refractivity contribution >= 4 is 6.03 Å². The van der Waals surface area contributed by atoms with Gasteiger partial charge in [0.25, 0.3) is 0 Å². The number of hydroxylamine groups is 1. The zero-order valence-corrected chi connectivity index (χ0v) is 12.5. The highest BCUT2D eigenvalue weighted by Gasteiger charge is 2.30. The molecule has 1 aliphatic carbocycles. The van der Waals surface area contributed by atoms with Crippen molar-refractivity contribution in [2.24, 2.45) is 11.3 Å². The highest BCUT2D eigenvalue weighted by Crippen LogP contribution is 2.25. The minimum Gasteiger partial charge on any atom is -0.392 e. The van der Waals surface area contributed by atoms with Crippen LogP contribution in [0.5, 0.6) is 0 Å². The molecule has 1 rings (SSSR count). The molecule has 112 valence electrons. The van der Waals surface area contributed by atoms with Crippen molar-refractivity contribution in [3.8, 4) is 0 Å². The lowest BCUT2D eigenvalue weighted by Gasteiger charge is -2.33. The number of rotatable bonds is 6. The molecule has 3 N–H and O–H groups in total. The van der Waals surface area contributed by atoms with Gasteiger partial charge in [0, 0.05) is 12.0 Å². The Morgan fingerprint density at radius 3 is 2.47 bits per heavy atom. The summed E-state index contributed by atoms with van der Waals surface area (Å²) in [5.74, 6) is 0.162. The monoisotopic (exact) mass is 272 g/mol. The van der Waals surface area contributed by atoms with E-state index >= 15 is 0 Å². The van der Waals surface area contributed by atoms with Gasteiger partial charge in [0.15, 0.2) is 0 Å². The molecule has 0 aromatic rings. The molecule has 1 unspecified atom stereocenters. The number of hydrogen-bond acceptors (Lipinski definition) is 3. The van der Waals surface area contributed by atoms with Crippen LogP contribution in [0.3, 0.4) is 0 Å². The Kier molecular flexibility index (Phi) is 6.07. The molecule has 0 aliphatic heterocycles. The molecule has 0 spiro atoms. The van der Waals surface area contributed by atoms with E-state index in [2.05, 4.69) is 10.8 Å². The molecule has 0 bridgehead atoms. The zero-order chi connectivity index (χ0) is 14.5. The van der Waals surface area contributed by atoms with E-state index < -0.39 is 6.10 Å². The maximum Gasteiger partial charge on any atom is 0.338 e. The number of carbonyl (C=O) groups is 1. The van der Waals surface area contributed by atoms with Crippen LogP contribution in [0.2, 0.25) is 0 Å². The summed E-state index contributed by atoms with van der Waals surface area (Å²) in [7, 11) is 0. The van der Waals surface area contributed by atoms with Crippen LogP contribution in [0.4, 0.5) is 4.79 Å². The summed E-state index contributed by atoms with van der Waals surface area (Å²) in [4.78, 5) is 16.9. The average molecular weight is 272 g/mol. The van der Waals surface area contributed by atoms with Gasteiger partial charge in [-0.1, -0.05) is 40.5 Å². The van der Waals surface area contributed by atoms with Crippen LogP contribution in [0.1, 0.15) is 53.4 Å². The molecule has 0 aromatic carbocycles. The summed E-state index contributed by atoms with van der Waals surface area (Å²) in [5, 5.41) is 12.8. The van der Waals surface area contributed by atoms with Gasteiger partial charge < -0.3 is 10.4 Å². The third kappa shape index (κ3) is 5.37. The molecular weight excluding hydrogens is 244 g/mol. The van der Waals surface area contributed by atoms with Crippen molar-refractivity contribution < 1.29 is 14.7 Å². The van der Waals surface area contributed by atoms with E-state index in [0.29, 0.717) is 6.54 Å². The summed E-state index contributed by atoms with van der Waals surface area (Å²) >= 11 is 0. The normalized spacial score (nSPS) is 18.6. The van der Waals surface area contributed by atoms with Crippen LogP contribution in [0.25, 0.3) is 0 Å². The van der Waals surface area contributed by atoms with Crippen molar-refractivity contribution in [3.05, 3.63) is 0 Å². The number of nitrogens with one attached hydrogen (secondary N) is 2. The Hall–Kier alpha value is -0.810. The Morgan fingerprint density at radius 2 is 1.95 bits per heavy atom. The van der Waals surface area contributed by atoms with Gasteiger partial charge in [0.1, 0.15) is 0 Å². The Balaban J connectivity index is 2.24. The van der Waals surface area contributed by atoms with Crippen LogP contribution in [-0.4, -0.2) is 29.9 Å². The average Bonchev–Trinajstić information content (AvgIpc) is 2.86. The number of urea groups is 1. The molecule has 0 saturated heterocycles. The van der Waals surface area contributed by atoms with Crippen LogP contribution in [0, 0.1) is 11.3 Å². The smallest absolute Gasteiger partial charge is 0.338 e. The first-order valence-corrected chi connectivity index (χ1v) is 7.20. The molecule has 0 heterocycles. The van der Waals surface area contributed by atoms with Crippen molar-refractivity contribution in [2.45, 2.75) is 65.6 Å². The van der Waals surface area contributed by atoms with E-state index in [0.717, 1.165) is 12.8 Å².